The van der Waals surface area contributed by atoms with Gasteiger partial charge in [-0.1, -0.05) is 30.3 Å². The van der Waals surface area contributed by atoms with Gasteiger partial charge in [-0.3, -0.25) is 9.20 Å². The van der Waals surface area contributed by atoms with E-state index in [1.165, 1.54) is 5.69 Å². The number of hydrogen-bond donors (Lipinski definition) is 1. The molecule has 0 atom stereocenters. The molecule has 0 bridgehead atoms. The number of nitrogens with one attached hydrogen (secondary N) is 1. The quantitative estimate of drug-likeness (QED) is 0.571. The van der Waals surface area contributed by atoms with Crippen molar-refractivity contribution in [3.8, 4) is 11.3 Å². The number of fused-ring (bicyclic) bond motifs is 1. The number of carbonyl (C=O) groups excluding carboxylic acids is 1. The Hall–Kier alpha value is -2.92. The molecular formula is C20H17N3OS. The van der Waals surface area contributed by atoms with Gasteiger partial charge in [-0.25, -0.2) is 4.98 Å². The number of amides is 1. The number of carbonyl (C=O) groups is 1. The molecular weight excluding hydrogens is 330 g/mol. The molecule has 2 aromatic carbocycles. The van der Waals surface area contributed by atoms with E-state index < -0.39 is 0 Å². The van der Waals surface area contributed by atoms with Crippen LogP contribution in [0.25, 0.3) is 16.2 Å². The molecule has 0 saturated carbocycles. The van der Waals surface area contributed by atoms with E-state index in [0.717, 1.165) is 27.5 Å². The average Bonchev–Trinajstić information content (AvgIpc) is 3.18. The second kappa shape index (κ2) is 6.18. The molecule has 2 heterocycles. The van der Waals surface area contributed by atoms with E-state index in [-0.39, 0.29) is 5.91 Å². The van der Waals surface area contributed by atoms with E-state index in [1.54, 1.807) is 11.3 Å². The van der Waals surface area contributed by atoms with E-state index in [9.17, 15) is 4.79 Å². The number of benzene rings is 2. The minimum Gasteiger partial charge on any atom is -0.322 e. The van der Waals surface area contributed by atoms with Gasteiger partial charge < -0.3 is 5.32 Å². The number of aromatic nitrogens is 2. The maximum atomic E-state index is 12.4. The lowest BCUT2D eigenvalue weighted by Crippen LogP contribution is -2.13. The minimum atomic E-state index is -0.0935. The first-order chi connectivity index (χ1) is 12.1. The molecule has 0 aliphatic rings. The number of thiazole rings is 1. The van der Waals surface area contributed by atoms with Gasteiger partial charge in [0.05, 0.1) is 5.69 Å². The molecule has 0 aliphatic carbocycles. The normalized spacial score (nSPS) is 11.0. The summed E-state index contributed by atoms with van der Waals surface area (Å²) >= 11 is 1.63. The van der Waals surface area contributed by atoms with Gasteiger partial charge in [0.15, 0.2) is 4.96 Å². The third kappa shape index (κ3) is 2.94. The molecule has 2 aromatic heterocycles. The van der Waals surface area contributed by atoms with Gasteiger partial charge in [0.1, 0.15) is 0 Å². The fourth-order valence-corrected chi connectivity index (χ4v) is 3.63. The molecule has 4 nitrogen and oxygen atoms in total. The highest BCUT2D eigenvalue weighted by Crippen LogP contribution is 2.24. The molecule has 5 heteroatoms. The van der Waals surface area contributed by atoms with Gasteiger partial charge in [0.2, 0.25) is 0 Å². The summed E-state index contributed by atoms with van der Waals surface area (Å²) in [4.78, 5) is 18.0. The van der Waals surface area contributed by atoms with Crippen molar-refractivity contribution in [2.24, 2.45) is 0 Å². The molecule has 0 aliphatic heterocycles. The largest absolute Gasteiger partial charge is 0.322 e. The molecule has 0 unspecified atom stereocenters. The fraction of sp³-hybridized carbons (Fsp3) is 0.100. The predicted octanol–water partition coefficient (Wildman–Crippen LogP) is 4.93. The Morgan fingerprint density at radius 3 is 2.56 bits per heavy atom. The lowest BCUT2D eigenvalue weighted by molar-refractivity contribution is 0.102. The van der Waals surface area contributed by atoms with Crippen molar-refractivity contribution >= 4 is 27.9 Å². The highest BCUT2D eigenvalue weighted by molar-refractivity contribution is 7.15. The maximum Gasteiger partial charge on any atom is 0.255 e. The number of anilines is 1. The van der Waals surface area contributed by atoms with Crippen molar-refractivity contribution < 1.29 is 4.79 Å². The first kappa shape index (κ1) is 15.6. The molecule has 0 spiro atoms. The molecule has 1 amide bonds. The zero-order chi connectivity index (χ0) is 17.4. The van der Waals surface area contributed by atoms with Crippen molar-refractivity contribution in [2.45, 2.75) is 13.8 Å². The van der Waals surface area contributed by atoms with Crippen LogP contribution < -0.4 is 5.32 Å². The van der Waals surface area contributed by atoms with Crippen LogP contribution in [-0.4, -0.2) is 15.3 Å². The maximum absolute atomic E-state index is 12.4. The van der Waals surface area contributed by atoms with Crippen LogP contribution in [0.5, 0.6) is 0 Å². The molecule has 0 fully saturated rings. The Balaban J connectivity index is 1.55. The smallest absolute Gasteiger partial charge is 0.255 e. The van der Waals surface area contributed by atoms with Gasteiger partial charge in [-0.15, -0.1) is 11.3 Å². The summed E-state index contributed by atoms with van der Waals surface area (Å²) in [6.07, 6.45) is 2.04. The molecule has 1 N–H and O–H groups in total. The summed E-state index contributed by atoms with van der Waals surface area (Å²) in [6, 6.07) is 15.3. The minimum absolute atomic E-state index is 0.0935. The van der Waals surface area contributed by atoms with E-state index in [4.69, 9.17) is 0 Å². The monoisotopic (exact) mass is 347 g/mol. The fourth-order valence-electron chi connectivity index (χ4n) is 2.78. The Kier molecular flexibility index (Phi) is 3.86. The lowest BCUT2D eigenvalue weighted by atomic mass is 10.1. The van der Waals surface area contributed by atoms with Crippen LogP contribution in [0, 0.1) is 13.8 Å². The Labute approximate surface area is 149 Å². The Morgan fingerprint density at radius 2 is 1.84 bits per heavy atom. The molecule has 25 heavy (non-hydrogen) atoms. The van der Waals surface area contributed by atoms with Crippen molar-refractivity contribution in [2.75, 3.05) is 5.32 Å². The van der Waals surface area contributed by atoms with Crippen LogP contribution in [0.15, 0.2) is 60.1 Å². The molecule has 0 radical (unpaired) electrons. The lowest BCUT2D eigenvalue weighted by Gasteiger charge is -2.08. The van der Waals surface area contributed by atoms with Crippen LogP contribution in [-0.2, 0) is 0 Å². The predicted molar refractivity (Wildman–Crippen MR) is 102 cm³/mol. The van der Waals surface area contributed by atoms with Crippen LogP contribution in [0.2, 0.25) is 0 Å². The van der Waals surface area contributed by atoms with Crippen LogP contribution in [0.1, 0.15) is 21.6 Å². The van der Waals surface area contributed by atoms with Gasteiger partial charge in [0.25, 0.3) is 5.91 Å². The van der Waals surface area contributed by atoms with Crippen molar-refractivity contribution in [3.05, 3.63) is 76.9 Å². The molecule has 124 valence electrons. The summed E-state index contributed by atoms with van der Waals surface area (Å²) in [5.74, 6) is -0.0935. The first-order valence-electron chi connectivity index (χ1n) is 8.02. The second-order valence-electron chi connectivity index (χ2n) is 6.00. The summed E-state index contributed by atoms with van der Waals surface area (Å²) in [7, 11) is 0. The van der Waals surface area contributed by atoms with Gasteiger partial charge in [-0.05, 0) is 37.6 Å². The van der Waals surface area contributed by atoms with Crippen LogP contribution in [0.4, 0.5) is 5.69 Å². The van der Waals surface area contributed by atoms with Crippen molar-refractivity contribution in [3.63, 3.8) is 0 Å². The van der Waals surface area contributed by atoms with Crippen molar-refractivity contribution in [1.82, 2.24) is 9.38 Å². The van der Waals surface area contributed by atoms with Gasteiger partial charge in [-0.2, -0.15) is 0 Å². The number of hydrogen-bond acceptors (Lipinski definition) is 3. The summed E-state index contributed by atoms with van der Waals surface area (Å²) in [5.41, 5.74) is 5.58. The molecule has 4 rings (SSSR count). The zero-order valence-electron chi connectivity index (χ0n) is 14.0. The highest BCUT2D eigenvalue weighted by Gasteiger charge is 2.10. The van der Waals surface area contributed by atoms with Crippen LogP contribution >= 0.6 is 11.3 Å². The highest BCUT2D eigenvalue weighted by atomic mass is 32.1. The zero-order valence-corrected chi connectivity index (χ0v) is 14.8. The number of aryl methyl sites for hydroxylation is 2. The average molecular weight is 347 g/mol. The van der Waals surface area contributed by atoms with Gasteiger partial charge >= 0.3 is 0 Å². The number of imidazole rings is 1. The third-order valence-electron chi connectivity index (χ3n) is 4.22. The molecule has 0 saturated heterocycles. The SMILES string of the molecule is Cc1ccccc1C(=O)Nc1ccc(-c2cn3c(C)csc3n2)cc1. The van der Waals surface area contributed by atoms with E-state index in [1.807, 2.05) is 61.7 Å². The first-order valence-corrected chi connectivity index (χ1v) is 8.90. The topological polar surface area (TPSA) is 46.4 Å². The standard InChI is InChI=1S/C20H17N3OS/c1-13-5-3-4-6-17(13)19(24)21-16-9-7-15(8-10-16)18-11-23-14(2)12-25-20(23)22-18/h3-12H,1-2H3,(H,21,24). The van der Waals surface area contributed by atoms with E-state index >= 15 is 0 Å². The third-order valence-corrected chi connectivity index (χ3v) is 5.17. The number of nitrogens with zero attached hydrogens (tertiary/aromatic N) is 2. The molecule has 4 aromatic rings. The summed E-state index contributed by atoms with van der Waals surface area (Å²) < 4.78 is 2.09. The Morgan fingerprint density at radius 1 is 1.08 bits per heavy atom. The second-order valence-corrected chi connectivity index (χ2v) is 6.84. The van der Waals surface area contributed by atoms with Crippen molar-refractivity contribution in [1.29, 1.82) is 0 Å². The Bertz CT molecular complexity index is 1060. The van der Waals surface area contributed by atoms with E-state index in [2.05, 4.69) is 27.0 Å². The summed E-state index contributed by atoms with van der Waals surface area (Å²) in [5, 5.41) is 5.04. The number of rotatable bonds is 3. The van der Waals surface area contributed by atoms with E-state index in [0.29, 0.717) is 5.56 Å². The van der Waals surface area contributed by atoms with Gasteiger partial charge in [0, 0.05) is 34.1 Å². The summed E-state index contributed by atoms with van der Waals surface area (Å²) in [6.45, 7) is 4.00. The van der Waals surface area contributed by atoms with Crippen LogP contribution in [0.3, 0.4) is 0 Å².